The van der Waals surface area contributed by atoms with Gasteiger partial charge in [-0.05, 0) is 40.9 Å². The molecule has 1 aromatic carbocycles. The van der Waals surface area contributed by atoms with Gasteiger partial charge in [0.1, 0.15) is 4.64 Å². The third-order valence-electron chi connectivity index (χ3n) is 2.99. The van der Waals surface area contributed by atoms with Crippen LogP contribution in [-0.4, -0.2) is 4.98 Å². The fraction of sp³-hybridized carbons (Fsp3) is 0.0714. The first-order valence-electron chi connectivity index (χ1n) is 5.41. The third kappa shape index (κ3) is 1.72. The Morgan fingerprint density at radius 3 is 2.76 bits per heavy atom. The number of benzene rings is 1. The maximum atomic E-state index is 5.46. The van der Waals surface area contributed by atoms with Crippen molar-refractivity contribution < 1.29 is 0 Å². The maximum Gasteiger partial charge on any atom is 0.111 e. The van der Waals surface area contributed by atoms with Crippen LogP contribution in [-0.2, 0) is 0 Å². The lowest BCUT2D eigenvalue weighted by molar-refractivity contribution is 1.34. The van der Waals surface area contributed by atoms with Crippen molar-refractivity contribution in [1.82, 2.24) is 4.98 Å². The number of para-hydroxylation sites is 1. The van der Waals surface area contributed by atoms with E-state index >= 15 is 0 Å². The van der Waals surface area contributed by atoms with E-state index < -0.39 is 0 Å². The molecular formula is C14H11NS2. The monoisotopic (exact) mass is 257 g/mol. The molecule has 0 radical (unpaired) electrons. The average molecular weight is 257 g/mol. The van der Waals surface area contributed by atoms with Crippen molar-refractivity contribution in [2.45, 2.75) is 6.92 Å². The van der Waals surface area contributed by atoms with Crippen molar-refractivity contribution in [2.24, 2.45) is 0 Å². The molecule has 1 nitrogen and oxygen atoms in total. The highest BCUT2D eigenvalue weighted by Gasteiger charge is 2.08. The molecule has 2 heterocycles. The second-order valence-electron chi connectivity index (χ2n) is 4.01. The summed E-state index contributed by atoms with van der Waals surface area (Å²) in [7, 11) is 0. The summed E-state index contributed by atoms with van der Waals surface area (Å²) in [5.41, 5.74) is 4.72. The lowest BCUT2D eigenvalue weighted by Gasteiger charge is -2.08. The molecule has 0 aliphatic rings. The molecule has 0 amide bonds. The van der Waals surface area contributed by atoms with Crippen LogP contribution < -0.4 is 0 Å². The first-order valence-corrected chi connectivity index (χ1v) is 6.76. The van der Waals surface area contributed by atoms with E-state index in [9.17, 15) is 0 Å². The summed E-state index contributed by atoms with van der Waals surface area (Å²) >= 11 is 7.16. The van der Waals surface area contributed by atoms with Gasteiger partial charge in [0.25, 0.3) is 0 Å². The zero-order valence-electron chi connectivity index (χ0n) is 9.36. The lowest BCUT2D eigenvalue weighted by Crippen LogP contribution is -1.89. The third-order valence-corrected chi connectivity index (χ3v) is 3.98. The molecular weight excluding hydrogens is 246 g/mol. The molecule has 0 aliphatic heterocycles. The summed E-state index contributed by atoms with van der Waals surface area (Å²) in [6, 6.07) is 10.4. The van der Waals surface area contributed by atoms with Gasteiger partial charge in [-0.2, -0.15) is 11.3 Å². The Hall–Kier alpha value is -1.45. The van der Waals surface area contributed by atoms with Crippen molar-refractivity contribution in [2.75, 3.05) is 0 Å². The Bertz CT molecular complexity index is 724. The van der Waals surface area contributed by atoms with Crippen molar-refractivity contribution >= 4 is 34.5 Å². The molecule has 3 heteroatoms. The van der Waals surface area contributed by atoms with Crippen LogP contribution in [0.15, 0.2) is 41.1 Å². The summed E-state index contributed by atoms with van der Waals surface area (Å²) in [5.74, 6) is 0. The minimum Gasteiger partial charge on any atom is -0.346 e. The summed E-state index contributed by atoms with van der Waals surface area (Å²) < 4.78 is 0.819. The van der Waals surface area contributed by atoms with Crippen LogP contribution in [0.25, 0.3) is 22.0 Å². The highest BCUT2D eigenvalue weighted by Crippen LogP contribution is 2.30. The van der Waals surface area contributed by atoms with E-state index in [1.54, 1.807) is 11.3 Å². The molecule has 17 heavy (non-hydrogen) atoms. The Labute approximate surface area is 109 Å². The molecule has 0 fully saturated rings. The van der Waals surface area contributed by atoms with E-state index in [-0.39, 0.29) is 0 Å². The van der Waals surface area contributed by atoms with E-state index in [4.69, 9.17) is 12.2 Å². The van der Waals surface area contributed by atoms with E-state index in [0.717, 1.165) is 15.7 Å². The van der Waals surface area contributed by atoms with Crippen LogP contribution in [0.5, 0.6) is 0 Å². The highest BCUT2D eigenvalue weighted by molar-refractivity contribution is 7.71. The second-order valence-corrected chi connectivity index (χ2v) is 5.20. The van der Waals surface area contributed by atoms with Crippen LogP contribution in [0, 0.1) is 11.6 Å². The van der Waals surface area contributed by atoms with Crippen LogP contribution >= 0.6 is 23.6 Å². The van der Waals surface area contributed by atoms with Gasteiger partial charge in [-0.25, -0.2) is 0 Å². The van der Waals surface area contributed by atoms with E-state index in [2.05, 4.69) is 46.9 Å². The Balaban J connectivity index is 2.44. The first-order chi connectivity index (χ1) is 8.27. The number of thiophene rings is 1. The van der Waals surface area contributed by atoms with E-state index in [0.29, 0.717) is 0 Å². The van der Waals surface area contributed by atoms with Crippen molar-refractivity contribution in [3.05, 3.63) is 51.3 Å². The quantitative estimate of drug-likeness (QED) is 0.611. The van der Waals surface area contributed by atoms with Gasteiger partial charge in [-0.1, -0.05) is 30.4 Å². The molecule has 3 rings (SSSR count). The number of fused-ring (bicyclic) bond motifs is 1. The SMILES string of the molecule is Cc1c(-c2ccsc2)c(=S)[nH]c2ccccc12. The number of aryl methyl sites for hydroxylation is 1. The predicted octanol–water partition coefficient (Wildman–Crippen LogP) is 4.93. The van der Waals surface area contributed by atoms with E-state index in [1.165, 1.54) is 16.5 Å². The summed E-state index contributed by atoms with van der Waals surface area (Å²) in [4.78, 5) is 3.31. The fourth-order valence-corrected chi connectivity index (χ4v) is 3.19. The largest absolute Gasteiger partial charge is 0.346 e. The number of aromatic nitrogens is 1. The smallest absolute Gasteiger partial charge is 0.111 e. The predicted molar refractivity (Wildman–Crippen MR) is 77.2 cm³/mol. The molecule has 0 saturated heterocycles. The van der Waals surface area contributed by atoms with Gasteiger partial charge in [-0.15, -0.1) is 0 Å². The van der Waals surface area contributed by atoms with Gasteiger partial charge in [0, 0.05) is 16.5 Å². The standard InChI is InChI=1S/C14H11NS2/c1-9-11-4-2-3-5-12(11)15-14(16)13(9)10-6-7-17-8-10/h2-8H,1H3,(H,15,16). The molecule has 84 valence electrons. The highest BCUT2D eigenvalue weighted by atomic mass is 32.1. The normalized spacial score (nSPS) is 10.9. The molecule has 0 atom stereocenters. The Kier molecular flexibility index (Phi) is 2.57. The van der Waals surface area contributed by atoms with E-state index in [1.807, 2.05) is 6.07 Å². The van der Waals surface area contributed by atoms with Gasteiger partial charge >= 0.3 is 0 Å². The fourth-order valence-electron chi connectivity index (χ4n) is 2.16. The van der Waals surface area contributed by atoms with Crippen molar-refractivity contribution in [3.63, 3.8) is 0 Å². The maximum absolute atomic E-state index is 5.46. The van der Waals surface area contributed by atoms with Gasteiger partial charge in [0.05, 0.1) is 0 Å². The number of hydrogen-bond acceptors (Lipinski definition) is 2. The molecule has 0 bridgehead atoms. The molecule has 0 spiro atoms. The lowest BCUT2D eigenvalue weighted by atomic mass is 10.0. The number of rotatable bonds is 1. The minimum absolute atomic E-state index is 0.819. The summed E-state index contributed by atoms with van der Waals surface area (Å²) in [6.07, 6.45) is 0. The van der Waals surface area contributed by atoms with Crippen molar-refractivity contribution in [3.8, 4) is 11.1 Å². The summed E-state index contributed by atoms with van der Waals surface area (Å²) in [6.45, 7) is 2.14. The number of H-pyrrole nitrogens is 1. The second kappa shape index (κ2) is 4.09. The van der Waals surface area contributed by atoms with Gasteiger partial charge < -0.3 is 4.98 Å². The number of nitrogens with one attached hydrogen (secondary N) is 1. The van der Waals surface area contributed by atoms with Crippen LogP contribution in [0.1, 0.15) is 5.56 Å². The van der Waals surface area contributed by atoms with Gasteiger partial charge in [-0.3, -0.25) is 0 Å². The van der Waals surface area contributed by atoms with Gasteiger partial charge in [0.2, 0.25) is 0 Å². The molecule has 3 aromatic rings. The van der Waals surface area contributed by atoms with Crippen LogP contribution in [0.2, 0.25) is 0 Å². The average Bonchev–Trinajstić information content (AvgIpc) is 2.83. The topological polar surface area (TPSA) is 15.8 Å². The van der Waals surface area contributed by atoms with Crippen LogP contribution in [0.4, 0.5) is 0 Å². The molecule has 0 aliphatic carbocycles. The minimum atomic E-state index is 0.819. The Morgan fingerprint density at radius 1 is 1.18 bits per heavy atom. The Morgan fingerprint density at radius 2 is 2.00 bits per heavy atom. The first kappa shape index (κ1) is 10.7. The molecule has 0 unspecified atom stereocenters. The number of hydrogen-bond donors (Lipinski definition) is 1. The van der Waals surface area contributed by atoms with Crippen LogP contribution in [0.3, 0.4) is 0 Å². The molecule has 1 N–H and O–H groups in total. The number of pyridine rings is 1. The van der Waals surface area contributed by atoms with Gasteiger partial charge in [0.15, 0.2) is 0 Å². The number of aromatic amines is 1. The molecule has 2 aromatic heterocycles. The molecule has 0 saturated carbocycles. The zero-order chi connectivity index (χ0) is 11.8. The van der Waals surface area contributed by atoms with Crippen molar-refractivity contribution in [1.29, 1.82) is 0 Å². The summed E-state index contributed by atoms with van der Waals surface area (Å²) in [5, 5.41) is 5.46. The zero-order valence-corrected chi connectivity index (χ0v) is 11.0.